The molecular formula is C15H18BrNO3. The molecule has 2 N–H and O–H groups in total. The molecule has 0 heterocycles. The van der Waals surface area contributed by atoms with Crippen LogP contribution in [-0.2, 0) is 4.79 Å². The quantitative estimate of drug-likeness (QED) is 0.810. The molecule has 0 aliphatic heterocycles. The molecule has 0 bridgehead atoms. The summed E-state index contributed by atoms with van der Waals surface area (Å²) in [6.45, 7) is -0.00716. The van der Waals surface area contributed by atoms with Gasteiger partial charge in [0.2, 0.25) is 5.91 Å². The molecule has 5 heteroatoms. The van der Waals surface area contributed by atoms with Gasteiger partial charge in [-0.2, -0.15) is 0 Å². The maximum Gasteiger partial charge on any atom is 0.244 e. The second-order valence-electron chi connectivity index (χ2n) is 5.00. The third-order valence-corrected chi connectivity index (χ3v) is 4.10. The van der Waals surface area contributed by atoms with Crippen molar-refractivity contribution in [2.75, 3.05) is 13.7 Å². The fraction of sp³-hybridized carbons (Fsp3) is 0.400. The number of nitrogens with one attached hydrogen (secondary N) is 1. The molecule has 2 rings (SSSR count). The van der Waals surface area contributed by atoms with Crippen LogP contribution in [-0.4, -0.2) is 30.3 Å². The summed E-state index contributed by atoms with van der Waals surface area (Å²) in [5.74, 6) is 0.513. The Morgan fingerprint density at radius 2 is 2.30 bits per heavy atom. The Hall–Kier alpha value is -1.33. The lowest BCUT2D eigenvalue weighted by Gasteiger charge is -2.40. The highest BCUT2D eigenvalue weighted by Crippen LogP contribution is 2.31. The van der Waals surface area contributed by atoms with E-state index in [2.05, 4.69) is 21.2 Å². The molecule has 1 saturated carbocycles. The molecule has 4 nitrogen and oxygen atoms in total. The Morgan fingerprint density at radius 3 is 2.85 bits per heavy atom. The van der Waals surface area contributed by atoms with Crippen LogP contribution in [0.4, 0.5) is 0 Å². The smallest absolute Gasteiger partial charge is 0.244 e. The molecule has 1 aromatic rings. The molecule has 20 heavy (non-hydrogen) atoms. The average Bonchev–Trinajstić information content (AvgIpc) is 2.41. The first-order valence-electron chi connectivity index (χ1n) is 6.53. The Labute approximate surface area is 127 Å². The van der Waals surface area contributed by atoms with Gasteiger partial charge >= 0.3 is 0 Å². The number of carbonyl (C=O) groups excluding carboxylic acids is 1. The van der Waals surface area contributed by atoms with Crippen molar-refractivity contribution >= 4 is 27.9 Å². The predicted octanol–water partition coefficient (Wildman–Crippen LogP) is 2.50. The molecule has 0 atom stereocenters. The summed E-state index contributed by atoms with van der Waals surface area (Å²) in [5, 5.41) is 12.2. The average molecular weight is 340 g/mol. The number of amides is 1. The van der Waals surface area contributed by atoms with Gasteiger partial charge in [0.05, 0.1) is 19.3 Å². The second kappa shape index (κ2) is 6.41. The van der Waals surface area contributed by atoms with E-state index in [1.807, 2.05) is 18.2 Å². The lowest BCUT2D eigenvalue weighted by molar-refractivity contribution is -0.120. The number of rotatable bonds is 5. The zero-order valence-corrected chi connectivity index (χ0v) is 12.9. The minimum Gasteiger partial charge on any atom is -0.496 e. The van der Waals surface area contributed by atoms with Crippen LogP contribution in [0.2, 0.25) is 0 Å². The van der Waals surface area contributed by atoms with E-state index in [0.717, 1.165) is 29.3 Å². The summed E-state index contributed by atoms with van der Waals surface area (Å²) in [5.41, 5.74) is 0.409. The Kier molecular flexibility index (Phi) is 4.83. The number of aliphatic hydroxyl groups excluding tert-OH is 1. The highest BCUT2D eigenvalue weighted by molar-refractivity contribution is 9.10. The number of methoxy groups -OCH3 is 1. The number of ether oxygens (including phenoxy) is 1. The summed E-state index contributed by atoms with van der Waals surface area (Å²) in [6.07, 6.45) is 5.90. The lowest BCUT2D eigenvalue weighted by Crippen LogP contribution is -2.55. The van der Waals surface area contributed by atoms with Gasteiger partial charge in [0.15, 0.2) is 0 Å². The van der Waals surface area contributed by atoms with Crippen LogP contribution in [0.15, 0.2) is 28.7 Å². The fourth-order valence-electron chi connectivity index (χ4n) is 2.23. The van der Waals surface area contributed by atoms with Crippen molar-refractivity contribution in [1.82, 2.24) is 5.32 Å². The first-order chi connectivity index (χ1) is 9.58. The van der Waals surface area contributed by atoms with Gasteiger partial charge in [-0.15, -0.1) is 0 Å². The molecule has 1 aromatic carbocycles. The van der Waals surface area contributed by atoms with Crippen molar-refractivity contribution in [2.24, 2.45) is 0 Å². The first-order valence-corrected chi connectivity index (χ1v) is 7.32. The van der Waals surface area contributed by atoms with Crippen LogP contribution in [0.3, 0.4) is 0 Å². The second-order valence-corrected chi connectivity index (χ2v) is 5.92. The minimum atomic E-state index is -0.414. The summed E-state index contributed by atoms with van der Waals surface area (Å²) in [7, 11) is 1.59. The van der Waals surface area contributed by atoms with Gasteiger partial charge in [0.25, 0.3) is 0 Å². The van der Waals surface area contributed by atoms with Gasteiger partial charge in [-0.1, -0.05) is 15.9 Å². The van der Waals surface area contributed by atoms with E-state index in [9.17, 15) is 9.90 Å². The maximum atomic E-state index is 11.9. The third kappa shape index (κ3) is 3.41. The van der Waals surface area contributed by atoms with Crippen molar-refractivity contribution in [3.63, 3.8) is 0 Å². The zero-order chi connectivity index (χ0) is 14.6. The molecule has 0 spiro atoms. The van der Waals surface area contributed by atoms with E-state index in [1.54, 1.807) is 13.2 Å². The standard InChI is InChI=1S/C15H18BrNO3/c1-20-13-5-4-12(16)9-11(13)3-6-14(19)17-15(10-18)7-2-8-15/h3-6,9,18H,2,7-8,10H2,1H3,(H,17,19)/b6-3+. The van der Waals surface area contributed by atoms with Crippen molar-refractivity contribution in [3.05, 3.63) is 34.3 Å². The van der Waals surface area contributed by atoms with Crippen LogP contribution in [0.1, 0.15) is 24.8 Å². The van der Waals surface area contributed by atoms with E-state index in [1.165, 1.54) is 6.08 Å². The molecule has 108 valence electrons. The number of aliphatic hydroxyl groups is 1. The van der Waals surface area contributed by atoms with E-state index >= 15 is 0 Å². The molecule has 1 aliphatic carbocycles. The molecule has 1 fully saturated rings. The largest absolute Gasteiger partial charge is 0.496 e. The molecule has 0 radical (unpaired) electrons. The van der Waals surface area contributed by atoms with Crippen LogP contribution >= 0.6 is 15.9 Å². The molecule has 0 aromatic heterocycles. The highest BCUT2D eigenvalue weighted by atomic mass is 79.9. The summed E-state index contributed by atoms with van der Waals surface area (Å²) < 4.78 is 6.16. The van der Waals surface area contributed by atoms with Gasteiger partial charge in [0, 0.05) is 16.1 Å². The highest BCUT2D eigenvalue weighted by Gasteiger charge is 2.37. The Bertz CT molecular complexity index is 518. The molecule has 1 aliphatic rings. The summed E-state index contributed by atoms with van der Waals surface area (Å²) in [6, 6.07) is 5.60. The minimum absolute atomic E-state index is 0.00716. The number of halogens is 1. The van der Waals surface area contributed by atoms with Gasteiger partial charge in [0.1, 0.15) is 5.75 Å². The SMILES string of the molecule is COc1ccc(Br)cc1/C=C/C(=O)NC1(CO)CCC1. The summed E-state index contributed by atoms with van der Waals surface area (Å²) >= 11 is 3.39. The number of hydrogen-bond donors (Lipinski definition) is 2. The number of benzene rings is 1. The normalized spacial score (nSPS) is 16.8. The lowest BCUT2D eigenvalue weighted by atomic mass is 9.77. The van der Waals surface area contributed by atoms with Crippen molar-refractivity contribution in [1.29, 1.82) is 0 Å². The Balaban J connectivity index is 2.05. The van der Waals surface area contributed by atoms with Gasteiger partial charge in [-0.3, -0.25) is 4.79 Å². The van der Waals surface area contributed by atoms with E-state index in [4.69, 9.17) is 4.74 Å². The van der Waals surface area contributed by atoms with Crippen LogP contribution in [0, 0.1) is 0 Å². The van der Waals surface area contributed by atoms with Crippen LogP contribution < -0.4 is 10.1 Å². The van der Waals surface area contributed by atoms with E-state index in [0.29, 0.717) is 5.75 Å². The number of carbonyl (C=O) groups is 1. The third-order valence-electron chi connectivity index (χ3n) is 3.61. The maximum absolute atomic E-state index is 11.9. The van der Waals surface area contributed by atoms with Crippen molar-refractivity contribution in [2.45, 2.75) is 24.8 Å². The summed E-state index contributed by atoms with van der Waals surface area (Å²) in [4.78, 5) is 11.9. The van der Waals surface area contributed by atoms with Crippen molar-refractivity contribution < 1.29 is 14.6 Å². The van der Waals surface area contributed by atoms with Crippen LogP contribution in [0.5, 0.6) is 5.75 Å². The molecule has 0 saturated heterocycles. The van der Waals surface area contributed by atoms with Gasteiger partial charge in [-0.05, 0) is 43.5 Å². The first kappa shape index (κ1) is 15.1. The van der Waals surface area contributed by atoms with E-state index < -0.39 is 5.54 Å². The monoisotopic (exact) mass is 339 g/mol. The van der Waals surface area contributed by atoms with Gasteiger partial charge < -0.3 is 15.2 Å². The molecule has 0 unspecified atom stereocenters. The van der Waals surface area contributed by atoms with Crippen molar-refractivity contribution in [3.8, 4) is 5.75 Å². The topological polar surface area (TPSA) is 58.6 Å². The number of hydrogen-bond acceptors (Lipinski definition) is 3. The van der Waals surface area contributed by atoms with Gasteiger partial charge in [-0.25, -0.2) is 0 Å². The van der Waals surface area contributed by atoms with E-state index in [-0.39, 0.29) is 12.5 Å². The zero-order valence-electron chi connectivity index (χ0n) is 11.4. The molecular weight excluding hydrogens is 322 g/mol. The predicted molar refractivity (Wildman–Crippen MR) is 81.5 cm³/mol. The van der Waals surface area contributed by atoms with Crippen LogP contribution in [0.25, 0.3) is 6.08 Å². The Morgan fingerprint density at radius 1 is 1.55 bits per heavy atom. The molecule has 1 amide bonds. The fourth-order valence-corrected chi connectivity index (χ4v) is 2.61.